The fraction of sp³-hybridized carbons (Fsp3) is 0.474. The van der Waals surface area contributed by atoms with Gasteiger partial charge in [0.05, 0.1) is 0 Å². The van der Waals surface area contributed by atoms with Crippen LogP contribution in [-0.4, -0.2) is 6.54 Å². The number of benzene rings is 1. The molecule has 1 aromatic heterocycles. The minimum absolute atomic E-state index is 0.467. The highest BCUT2D eigenvalue weighted by atomic mass is 32.1. The van der Waals surface area contributed by atoms with Crippen molar-refractivity contribution < 1.29 is 0 Å². The van der Waals surface area contributed by atoms with Crippen molar-refractivity contribution in [1.29, 1.82) is 0 Å². The summed E-state index contributed by atoms with van der Waals surface area (Å²) in [7, 11) is 0. The number of nitrogens with one attached hydrogen (secondary N) is 1. The van der Waals surface area contributed by atoms with Gasteiger partial charge < -0.3 is 5.32 Å². The lowest BCUT2D eigenvalue weighted by atomic mass is 10.0. The highest BCUT2D eigenvalue weighted by Gasteiger charge is 2.17. The van der Waals surface area contributed by atoms with Crippen LogP contribution in [0.15, 0.2) is 30.3 Å². The first-order valence-corrected chi connectivity index (χ1v) is 8.75. The summed E-state index contributed by atoms with van der Waals surface area (Å²) < 4.78 is 0. The summed E-state index contributed by atoms with van der Waals surface area (Å²) in [5.74, 6) is 0.613. The molecular formula is C19H27NS. The average Bonchev–Trinajstić information content (AvgIpc) is 2.88. The molecule has 21 heavy (non-hydrogen) atoms. The average molecular weight is 301 g/mol. The van der Waals surface area contributed by atoms with Gasteiger partial charge in [-0.3, -0.25) is 0 Å². The maximum absolute atomic E-state index is 3.68. The summed E-state index contributed by atoms with van der Waals surface area (Å²) >= 11 is 1.93. The molecule has 0 aliphatic heterocycles. The van der Waals surface area contributed by atoms with Crippen molar-refractivity contribution in [2.45, 2.75) is 47.1 Å². The van der Waals surface area contributed by atoms with E-state index in [1.807, 2.05) is 11.3 Å². The van der Waals surface area contributed by atoms with E-state index >= 15 is 0 Å². The van der Waals surface area contributed by atoms with Crippen molar-refractivity contribution in [1.82, 2.24) is 5.32 Å². The first-order valence-electron chi connectivity index (χ1n) is 7.93. The Morgan fingerprint density at radius 3 is 2.48 bits per heavy atom. The van der Waals surface area contributed by atoms with Gasteiger partial charge in [0.1, 0.15) is 0 Å². The summed E-state index contributed by atoms with van der Waals surface area (Å²) in [6.07, 6.45) is 1.18. The van der Waals surface area contributed by atoms with Gasteiger partial charge in [-0.2, -0.15) is 0 Å². The second kappa shape index (κ2) is 7.24. The van der Waals surface area contributed by atoms with Gasteiger partial charge >= 0.3 is 0 Å². The Balaban J connectivity index is 2.27. The highest BCUT2D eigenvalue weighted by molar-refractivity contribution is 7.15. The molecule has 0 fully saturated rings. The Bertz CT molecular complexity index is 583. The largest absolute Gasteiger partial charge is 0.309 e. The standard InChI is InChI=1S/C19H27NS/c1-6-11-20-19(13(2)3)18-10-9-17(21-18)16-8-7-14(4)12-15(16)5/h7-10,12-13,19-20H,6,11H2,1-5H3. The molecule has 2 aromatic rings. The maximum atomic E-state index is 3.68. The molecular weight excluding hydrogens is 274 g/mol. The smallest absolute Gasteiger partial charge is 0.0438 e. The van der Waals surface area contributed by atoms with Crippen LogP contribution in [0.1, 0.15) is 49.2 Å². The fourth-order valence-corrected chi connectivity index (χ4v) is 4.07. The van der Waals surface area contributed by atoms with Gasteiger partial charge in [-0.1, -0.05) is 44.5 Å². The lowest BCUT2D eigenvalue weighted by Gasteiger charge is -2.21. The van der Waals surface area contributed by atoms with E-state index in [-0.39, 0.29) is 0 Å². The number of hydrogen-bond donors (Lipinski definition) is 1. The molecule has 0 saturated heterocycles. The lowest BCUT2D eigenvalue weighted by Crippen LogP contribution is -2.25. The summed E-state index contributed by atoms with van der Waals surface area (Å²) in [6, 6.07) is 11.8. The molecule has 0 saturated carbocycles. The predicted molar refractivity (Wildman–Crippen MR) is 95.1 cm³/mol. The van der Waals surface area contributed by atoms with E-state index in [1.54, 1.807) is 0 Å². The van der Waals surface area contributed by atoms with Gasteiger partial charge in [0, 0.05) is 15.8 Å². The molecule has 1 atom stereocenters. The Labute approximate surface area is 133 Å². The van der Waals surface area contributed by atoms with Crippen LogP contribution in [0.2, 0.25) is 0 Å². The van der Waals surface area contributed by atoms with E-state index in [0.717, 1.165) is 6.54 Å². The van der Waals surface area contributed by atoms with Crippen molar-refractivity contribution in [3.8, 4) is 10.4 Å². The van der Waals surface area contributed by atoms with E-state index in [2.05, 4.69) is 70.3 Å². The van der Waals surface area contributed by atoms with Crippen LogP contribution in [0.5, 0.6) is 0 Å². The summed E-state index contributed by atoms with van der Waals surface area (Å²) in [4.78, 5) is 2.83. The van der Waals surface area contributed by atoms with Gasteiger partial charge in [0.25, 0.3) is 0 Å². The van der Waals surface area contributed by atoms with Gasteiger partial charge in [0.15, 0.2) is 0 Å². The number of rotatable bonds is 6. The number of aryl methyl sites for hydroxylation is 2. The zero-order valence-corrected chi connectivity index (χ0v) is 14.7. The first kappa shape index (κ1) is 16.3. The van der Waals surface area contributed by atoms with Crippen molar-refractivity contribution in [2.75, 3.05) is 6.54 Å². The van der Waals surface area contributed by atoms with E-state index < -0.39 is 0 Å². The molecule has 1 N–H and O–H groups in total. The van der Waals surface area contributed by atoms with Crippen LogP contribution >= 0.6 is 11.3 Å². The van der Waals surface area contributed by atoms with Crippen molar-refractivity contribution in [3.05, 3.63) is 46.3 Å². The lowest BCUT2D eigenvalue weighted by molar-refractivity contribution is 0.418. The first-order chi connectivity index (χ1) is 10.0. The molecule has 1 unspecified atom stereocenters. The van der Waals surface area contributed by atoms with Crippen LogP contribution in [-0.2, 0) is 0 Å². The molecule has 114 valence electrons. The quantitative estimate of drug-likeness (QED) is 0.718. The van der Waals surface area contributed by atoms with Crippen LogP contribution in [0.4, 0.5) is 0 Å². The minimum atomic E-state index is 0.467. The third-order valence-electron chi connectivity index (χ3n) is 3.86. The SMILES string of the molecule is CCCNC(c1ccc(-c2ccc(C)cc2C)s1)C(C)C. The predicted octanol–water partition coefficient (Wildman–Crippen LogP) is 5.73. The summed E-state index contributed by atoms with van der Waals surface area (Å²) in [5.41, 5.74) is 4.07. The number of hydrogen-bond acceptors (Lipinski definition) is 2. The summed E-state index contributed by atoms with van der Waals surface area (Å²) in [5, 5.41) is 3.68. The van der Waals surface area contributed by atoms with E-state index in [1.165, 1.54) is 32.9 Å². The van der Waals surface area contributed by atoms with Crippen LogP contribution < -0.4 is 5.32 Å². The Hall–Kier alpha value is -1.12. The molecule has 1 nitrogen and oxygen atoms in total. The van der Waals surface area contributed by atoms with E-state index in [4.69, 9.17) is 0 Å². The molecule has 0 aliphatic rings. The fourth-order valence-electron chi connectivity index (χ4n) is 2.72. The van der Waals surface area contributed by atoms with E-state index in [9.17, 15) is 0 Å². The molecule has 2 heteroatoms. The Morgan fingerprint density at radius 1 is 1.10 bits per heavy atom. The molecule has 0 bridgehead atoms. The van der Waals surface area contributed by atoms with Gasteiger partial charge in [-0.15, -0.1) is 11.3 Å². The second-order valence-electron chi connectivity index (χ2n) is 6.20. The second-order valence-corrected chi connectivity index (χ2v) is 7.31. The van der Waals surface area contributed by atoms with Gasteiger partial charge in [-0.25, -0.2) is 0 Å². The van der Waals surface area contributed by atoms with Crippen LogP contribution in [0.25, 0.3) is 10.4 Å². The third kappa shape index (κ3) is 3.96. The zero-order chi connectivity index (χ0) is 15.4. The van der Waals surface area contributed by atoms with Gasteiger partial charge in [-0.05, 0) is 56.0 Å². The highest BCUT2D eigenvalue weighted by Crippen LogP contribution is 2.35. The molecule has 1 heterocycles. The van der Waals surface area contributed by atoms with Crippen molar-refractivity contribution >= 4 is 11.3 Å². The van der Waals surface area contributed by atoms with Crippen molar-refractivity contribution in [2.24, 2.45) is 5.92 Å². The van der Waals surface area contributed by atoms with Crippen LogP contribution in [0.3, 0.4) is 0 Å². The maximum Gasteiger partial charge on any atom is 0.0438 e. The molecule has 0 aliphatic carbocycles. The normalized spacial score (nSPS) is 12.9. The topological polar surface area (TPSA) is 12.0 Å². The Kier molecular flexibility index (Phi) is 5.60. The summed E-state index contributed by atoms with van der Waals surface area (Å²) in [6.45, 7) is 12.3. The Morgan fingerprint density at radius 2 is 1.86 bits per heavy atom. The van der Waals surface area contributed by atoms with E-state index in [0.29, 0.717) is 12.0 Å². The molecule has 0 radical (unpaired) electrons. The monoisotopic (exact) mass is 301 g/mol. The van der Waals surface area contributed by atoms with Gasteiger partial charge in [0.2, 0.25) is 0 Å². The molecule has 1 aromatic carbocycles. The molecule has 0 amide bonds. The molecule has 0 spiro atoms. The third-order valence-corrected chi connectivity index (χ3v) is 5.06. The zero-order valence-electron chi connectivity index (χ0n) is 13.9. The number of thiophene rings is 1. The molecule has 2 rings (SSSR count). The van der Waals surface area contributed by atoms with Crippen molar-refractivity contribution in [3.63, 3.8) is 0 Å². The minimum Gasteiger partial charge on any atom is -0.309 e. The van der Waals surface area contributed by atoms with Crippen LogP contribution in [0, 0.1) is 19.8 Å².